The fourth-order valence-corrected chi connectivity index (χ4v) is 5.13. The second-order valence-corrected chi connectivity index (χ2v) is 9.36. The molecule has 4 rings (SSSR count). The fraction of sp³-hybridized carbons (Fsp3) is 0.600. The summed E-state index contributed by atoms with van der Waals surface area (Å²) >= 11 is 0. The van der Waals surface area contributed by atoms with Crippen molar-refractivity contribution in [2.75, 3.05) is 33.3 Å². The van der Waals surface area contributed by atoms with Crippen molar-refractivity contribution >= 4 is 23.6 Å². The molecule has 4 amide bonds. The molecule has 184 valence electrons. The van der Waals surface area contributed by atoms with Crippen LogP contribution in [-0.4, -0.2) is 78.8 Å². The predicted octanol–water partition coefficient (Wildman–Crippen LogP) is 1.32. The summed E-state index contributed by atoms with van der Waals surface area (Å²) in [5, 5.41) is 5.62. The van der Waals surface area contributed by atoms with Crippen LogP contribution in [0.1, 0.15) is 55.3 Å². The lowest BCUT2D eigenvalue weighted by molar-refractivity contribution is -0.148. The van der Waals surface area contributed by atoms with Crippen molar-refractivity contribution < 1.29 is 23.9 Å². The third-order valence-corrected chi connectivity index (χ3v) is 7.15. The van der Waals surface area contributed by atoms with E-state index in [4.69, 9.17) is 4.74 Å². The van der Waals surface area contributed by atoms with Crippen LogP contribution < -0.4 is 15.4 Å². The molecule has 2 atom stereocenters. The van der Waals surface area contributed by atoms with Gasteiger partial charge in [-0.1, -0.05) is 19.3 Å². The number of methoxy groups -OCH3 is 1. The van der Waals surface area contributed by atoms with Crippen molar-refractivity contribution in [3.8, 4) is 5.75 Å². The maximum Gasteiger partial charge on any atom is 0.254 e. The van der Waals surface area contributed by atoms with E-state index in [1.807, 2.05) is 0 Å². The first kappa shape index (κ1) is 24.0. The number of carbonyl (C=O) groups is 4. The minimum absolute atomic E-state index is 0.00973. The van der Waals surface area contributed by atoms with Gasteiger partial charge in [0, 0.05) is 31.1 Å². The first-order valence-corrected chi connectivity index (χ1v) is 12.3. The summed E-state index contributed by atoms with van der Waals surface area (Å²) in [5.41, 5.74) is 0.499. The first-order valence-electron chi connectivity index (χ1n) is 12.3. The van der Waals surface area contributed by atoms with Gasteiger partial charge >= 0.3 is 0 Å². The van der Waals surface area contributed by atoms with Crippen LogP contribution in [0.2, 0.25) is 0 Å². The number of carbonyl (C=O) groups excluding carboxylic acids is 4. The van der Waals surface area contributed by atoms with E-state index in [1.54, 1.807) is 41.2 Å². The van der Waals surface area contributed by atoms with E-state index in [9.17, 15) is 19.2 Å². The van der Waals surface area contributed by atoms with Crippen LogP contribution in [0.4, 0.5) is 0 Å². The van der Waals surface area contributed by atoms with Gasteiger partial charge in [-0.2, -0.15) is 0 Å². The summed E-state index contributed by atoms with van der Waals surface area (Å²) in [7, 11) is 1.56. The van der Waals surface area contributed by atoms with Gasteiger partial charge in [-0.3, -0.25) is 19.2 Å². The molecule has 1 aliphatic carbocycles. The van der Waals surface area contributed by atoms with Gasteiger partial charge in [0.15, 0.2) is 0 Å². The molecule has 3 aliphatic rings. The number of piperidine rings is 1. The maximum atomic E-state index is 13.4. The normalized spacial score (nSPS) is 23.7. The molecule has 1 aromatic carbocycles. The van der Waals surface area contributed by atoms with Crippen LogP contribution in [0, 0.1) is 5.92 Å². The second kappa shape index (κ2) is 10.9. The average Bonchev–Trinajstić information content (AvgIpc) is 2.89. The highest BCUT2D eigenvalue weighted by Crippen LogP contribution is 2.27. The molecule has 9 nitrogen and oxygen atoms in total. The van der Waals surface area contributed by atoms with Crippen molar-refractivity contribution in [3.63, 3.8) is 0 Å². The van der Waals surface area contributed by atoms with Crippen LogP contribution in [0.5, 0.6) is 5.75 Å². The largest absolute Gasteiger partial charge is 0.497 e. The number of ether oxygens (including phenoxy) is 1. The van der Waals surface area contributed by atoms with Gasteiger partial charge in [-0.05, 0) is 49.9 Å². The van der Waals surface area contributed by atoms with E-state index in [1.165, 1.54) is 0 Å². The Hall–Kier alpha value is -3.10. The average molecular weight is 471 g/mol. The van der Waals surface area contributed by atoms with Gasteiger partial charge in [0.25, 0.3) is 5.91 Å². The Labute approximate surface area is 200 Å². The fourth-order valence-electron chi connectivity index (χ4n) is 5.13. The highest BCUT2D eigenvalue weighted by molar-refractivity contribution is 5.97. The first-order chi connectivity index (χ1) is 16.5. The molecule has 2 aliphatic heterocycles. The molecule has 3 fully saturated rings. The zero-order valence-corrected chi connectivity index (χ0v) is 19.8. The summed E-state index contributed by atoms with van der Waals surface area (Å²) in [6, 6.07) is 5.41. The predicted molar refractivity (Wildman–Crippen MR) is 125 cm³/mol. The van der Waals surface area contributed by atoms with Crippen molar-refractivity contribution in [2.24, 2.45) is 5.92 Å². The summed E-state index contributed by atoms with van der Waals surface area (Å²) in [6.07, 6.45) is 6.20. The third kappa shape index (κ3) is 5.34. The highest BCUT2D eigenvalue weighted by Gasteiger charge is 2.40. The molecule has 9 heteroatoms. The molecule has 2 saturated heterocycles. The van der Waals surface area contributed by atoms with Crippen LogP contribution >= 0.6 is 0 Å². The summed E-state index contributed by atoms with van der Waals surface area (Å²) < 4.78 is 5.17. The standard InChI is InChI=1S/C25H34N4O5/c1-34-19-11-9-18(10-12-19)24(32)28-14-15-29(25(33)17-6-3-2-4-7-17)21(16-28)23(31)27-20-8-5-13-26-22(20)30/h9-12,17,20-21H,2-8,13-16H2,1H3,(H,26,30)(H,27,31). The van der Waals surface area contributed by atoms with E-state index in [0.717, 1.165) is 38.5 Å². The van der Waals surface area contributed by atoms with Crippen LogP contribution in [0.3, 0.4) is 0 Å². The molecular formula is C25H34N4O5. The van der Waals surface area contributed by atoms with Crippen molar-refractivity contribution in [2.45, 2.75) is 57.0 Å². The van der Waals surface area contributed by atoms with Crippen molar-refractivity contribution in [1.29, 1.82) is 0 Å². The van der Waals surface area contributed by atoms with Gasteiger partial charge in [0.1, 0.15) is 17.8 Å². The molecule has 0 bridgehead atoms. The monoisotopic (exact) mass is 470 g/mol. The van der Waals surface area contributed by atoms with Crippen LogP contribution in [0.15, 0.2) is 24.3 Å². The molecule has 2 N–H and O–H groups in total. The zero-order valence-electron chi connectivity index (χ0n) is 19.8. The molecule has 0 aromatic heterocycles. The molecule has 1 aromatic rings. The number of piperazine rings is 1. The minimum atomic E-state index is -0.819. The van der Waals surface area contributed by atoms with Crippen LogP contribution in [0.25, 0.3) is 0 Å². The lowest BCUT2D eigenvalue weighted by Gasteiger charge is -2.42. The van der Waals surface area contributed by atoms with Gasteiger partial charge in [0.2, 0.25) is 17.7 Å². The molecule has 1 saturated carbocycles. The van der Waals surface area contributed by atoms with E-state index in [0.29, 0.717) is 37.4 Å². The van der Waals surface area contributed by atoms with E-state index in [2.05, 4.69) is 10.6 Å². The molecular weight excluding hydrogens is 436 g/mol. The highest BCUT2D eigenvalue weighted by atomic mass is 16.5. The number of nitrogens with zero attached hydrogens (tertiary/aromatic N) is 2. The molecule has 2 unspecified atom stereocenters. The number of hydrogen-bond donors (Lipinski definition) is 2. The van der Waals surface area contributed by atoms with Gasteiger partial charge in [-0.15, -0.1) is 0 Å². The van der Waals surface area contributed by atoms with E-state index >= 15 is 0 Å². The Bertz CT molecular complexity index is 912. The van der Waals surface area contributed by atoms with E-state index < -0.39 is 12.1 Å². The zero-order chi connectivity index (χ0) is 24.1. The Morgan fingerprint density at radius 2 is 1.74 bits per heavy atom. The van der Waals surface area contributed by atoms with Crippen molar-refractivity contribution in [3.05, 3.63) is 29.8 Å². The number of rotatable bonds is 5. The smallest absolute Gasteiger partial charge is 0.254 e. The maximum absolute atomic E-state index is 13.4. The Balaban J connectivity index is 1.51. The molecule has 34 heavy (non-hydrogen) atoms. The third-order valence-electron chi connectivity index (χ3n) is 7.15. The lowest BCUT2D eigenvalue weighted by Crippen LogP contribution is -2.64. The minimum Gasteiger partial charge on any atom is -0.497 e. The summed E-state index contributed by atoms with van der Waals surface area (Å²) in [5.74, 6) is -0.205. The Kier molecular flexibility index (Phi) is 7.70. The van der Waals surface area contributed by atoms with Gasteiger partial charge < -0.3 is 25.2 Å². The van der Waals surface area contributed by atoms with Gasteiger partial charge in [0.05, 0.1) is 13.7 Å². The van der Waals surface area contributed by atoms with Gasteiger partial charge in [-0.25, -0.2) is 0 Å². The van der Waals surface area contributed by atoms with Crippen molar-refractivity contribution in [1.82, 2.24) is 20.4 Å². The Morgan fingerprint density at radius 1 is 1.00 bits per heavy atom. The topological polar surface area (TPSA) is 108 Å². The lowest BCUT2D eigenvalue weighted by atomic mass is 9.87. The molecule has 0 radical (unpaired) electrons. The summed E-state index contributed by atoms with van der Waals surface area (Å²) in [6.45, 7) is 1.36. The quantitative estimate of drug-likeness (QED) is 0.675. The number of nitrogens with one attached hydrogen (secondary N) is 2. The SMILES string of the molecule is COc1ccc(C(=O)N2CCN(C(=O)C3CCCCC3)C(C(=O)NC3CCCNC3=O)C2)cc1. The number of benzene rings is 1. The molecule has 2 heterocycles. The number of amides is 4. The second-order valence-electron chi connectivity index (χ2n) is 9.36. The molecule has 0 spiro atoms. The Morgan fingerprint density at radius 3 is 2.41 bits per heavy atom. The van der Waals surface area contributed by atoms with Crippen LogP contribution in [-0.2, 0) is 14.4 Å². The summed E-state index contributed by atoms with van der Waals surface area (Å²) in [4.78, 5) is 55.4. The number of hydrogen-bond acceptors (Lipinski definition) is 5. The van der Waals surface area contributed by atoms with E-state index in [-0.39, 0.29) is 36.1 Å².